The van der Waals surface area contributed by atoms with Crippen molar-refractivity contribution in [2.24, 2.45) is 0 Å². The highest BCUT2D eigenvalue weighted by Gasteiger charge is 2.19. The van der Waals surface area contributed by atoms with E-state index in [-0.39, 0.29) is 12.0 Å². The van der Waals surface area contributed by atoms with E-state index >= 15 is 0 Å². The maximum atomic E-state index is 12.0. The van der Waals surface area contributed by atoms with E-state index in [0.717, 1.165) is 48.9 Å². The van der Waals surface area contributed by atoms with Gasteiger partial charge in [-0.05, 0) is 55.8 Å². The van der Waals surface area contributed by atoms with E-state index in [2.05, 4.69) is 10.6 Å². The van der Waals surface area contributed by atoms with E-state index in [4.69, 9.17) is 14.2 Å². The summed E-state index contributed by atoms with van der Waals surface area (Å²) in [5.74, 6) is 2.40. The van der Waals surface area contributed by atoms with Crippen LogP contribution in [-0.4, -0.2) is 38.8 Å². The fourth-order valence-corrected chi connectivity index (χ4v) is 2.86. The lowest BCUT2D eigenvalue weighted by atomic mass is 10.2. The largest absolute Gasteiger partial charge is 0.497 e. The van der Waals surface area contributed by atoms with Crippen LogP contribution in [0.2, 0.25) is 0 Å². The molecule has 0 aliphatic carbocycles. The van der Waals surface area contributed by atoms with Gasteiger partial charge >= 0.3 is 0 Å². The number of nitrogens with one attached hydrogen (secondary N) is 2. The minimum atomic E-state index is 0.0123. The highest BCUT2D eigenvalue weighted by molar-refractivity contribution is 5.90. The lowest BCUT2D eigenvalue weighted by Crippen LogP contribution is -2.38. The molecule has 0 fully saturated rings. The molecule has 1 aliphatic heterocycles. The average molecular weight is 370 g/mol. The predicted octanol–water partition coefficient (Wildman–Crippen LogP) is 3.23. The zero-order valence-electron chi connectivity index (χ0n) is 15.6. The summed E-state index contributed by atoms with van der Waals surface area (Å²) >= 11 is 0. The average Bonchev–Trinajstić information content (AvgIpc) is 2.71. The van der Waals surface area contributed by atoms with Gasteiger partial charge in [-0.2, -0.15) is 0 Å². The summed E-state index contributed by atoms with van der Waals surface area (Å²) in [6, 6.07) is 15.0. The Hall–Kier alpha value is -2.73. The van der Waals surface area contributed by atoms with Gasteiger partial charge in [-0.1, -0.05) is 12.1 Å². The monoisotopic (exact) mass is 370 g/mol. The number of methoxy groups -OCH3 is 1. The molecule has 1 atom stereocenters. The molecule has 0 saturated heterocycles. The van der Waals surface area contributed by atoms with Crippen molar-refractivity contribution >= 4 is 11.6 Å². The van der Waals surface area contributed by atoms with Crippen molar-refractivity contribution in [3.05, 3.63) is 48.5 Å². The molecule has 0 bridgehead atoms. The molecular weight excluding hydrogens is 344 g/mol. The van der Waals surface area contributed by atoms with Gasteiger partial charge in [0, 0.05) is 18.7 Å². The van der Waals surface area contributed by atoms with Gasteiger partial charge in [-0.3, -0.25) is 4.79 Å². The van der Waals surface area contributed by atoms with Crippen LogP contribution in [0.4, 0.5) is 5.69 Å². The second-order valence-electron chi connectivity index (χ2n) is 6.44. The second-order valence-corrected chi connectivity index (χ2v) is 6.44. The van der Waals surface area contributed by atoms with E-state index in [9.17, 15) is 4.79 Å². The lowest BCUT2D eigenvalue weighted by molar-refractivity contribution is -0.116. The number of anilines is 1. The molecule has 1 amide bonds. The van der Waals surface area contributed by atoms with Crippen molar-refractivity contribution in [3.8, 4) is 17.2 Å². The van der Waals surface area contributed by atoms with Crippen LogP contribution < -0.4 is 24.8 Å². The lowest BCUT2D eigenvalue weighted by Gasteiger charge is -2.26. The molecule has 3 rings (SSSR count). The van der Waals surface area contributed by atoms with E-state index < -0.39 is 0 Å². The molecule has 2 aromatic carbocycles. The van der Waals surface area contributed by atoms with Crippen LogP contribution in [0.25, 0.3) is 0 Å². The molecule has 144 valence electrons. The standard InChI is InChI=1S/C21H26N2O4/c1-25-17-11-9-16(10-12-17)23-21(24)8-4-5-13-22-14-18-15-26-19-6-2-3-7-20(19)27-18/h2-3,6-7,9-12,18,22H,4-5,8,13-15H2,1H3,(H,23,24)/t18-/m0/s1. The fourth-order valence-electron chi connectivity index (χ4n) is 2.86. The molecule has 0 saturated carbocycles. The van der Waals surface area contributed by atoms with E-state index in [0.29, 0.717) is 13.0 Å². The Balaban J connectivity index is 1.26. The normalized spacial score (nSPS) is 15.2. The summed E-state index contributed by atoms with van der Waals surface area (Å²) in [6.07, 6.45) is 2.28. The Morgan fingerprint density at radius 1 is 1.11 bits per heavy atom. The number of unbranched alkanes of at least 4 members (excludes halogenated alkanes) is 1. The number of benzene rings is 2. The van der Waals surface area contributed by atoms with Crippen LogP contribution in [0.15, 0.2) is 48.5 Å². The minimum Gasteiger partial charge on any atom is -0.497 e. The summed E-state index contributed by atoms with van der Waals surface area (Å²) < 4.78 is 16.7. The molecule has 0 unspecified atom stereocenters. The Bertz CT molecular complexity index is 733. The first kappa shape index (κ1) is 19.0. The molecule has 0 radical (unpaired) electrons. The van der Waals surface area contributed by atoms with Crippen LogP contribution in [0, 0.1) is 0 Å². The van der Waals surface area contributed by atoms with Gasteiger partial charge < -0.3 is 24.8 Å². The van der Waals surface area contributed by atoms with Crippen LogP contribution in [-0.2, 0) is 4.79 Å². The zero-order chi connectivity index (χ0) is 18.9. The Morgan fingerprint density at radius 3 is 2.67 bits per heavy atom. The number of hydrogen-bond acceptors (Lipinski definition) is 5. The van der Waals surface area contributed by atoms with Crippen molar-refractivity contribution < 1.29 is 19.0 Å². The minimum absolute atomic E-state index is 0.0123. The number of carbonyl (C=O) groups is 1. The zero-order valence-corrected chi connectivity index (χ0v) is 15.6. The third-order valence-electron chi connectivity index (χ3n) is 4.32. The van der Waals surface area contributed by atoms with Gasteiger partial charge in [0.15, 0.2) is 11.5 Å². The molecular formula is C21H26N2O4. The van der Waals surface area contributed by atoms with Gasteiger partial charge in [0.25, 0.3) is 0 Å². The second kappa shape index (κ2) is 9.83. The molecule has 0 aromatic heterocycles. The first-order valence-electron chi connectivity index (χ1n) is 9.27. The number of para-hydroxylation sites is 2. The number of carbonyl (C=O) groups excluding carboxylic acids is 1. The Morgan fingerprint density at radius 2 is 1.89 bits per heavy atom. The maximum Gasteiger partial charge on any atom is 0.224 e. The summed E-state index contributed by atoms with van der Waals surface area (Å²) in [7, 11) is 1.62. The van der Waals surface area contributed by atoms with Crippen molar-refractivity contribution in [1.82, 2.24) is 5.32 Å². The highest BCUT2D eigenvalue weighted by Crippen LogP contribution is 2.30. The third-order valence-corrected chi connectivity index (χ3v) is 4.32. The van der Waals surface area contributed by atoms with E-state index in [1.54, 1.807) is 7.11 Å². The molecule has 2 aromatic rings. The van der Waals surface area contributed by atoms with E-state index in [1.807, 2.05) is 48.5 Å². The third kappa shape index (κ3) is 5.89. The van der Waals surface area contributed by atoms with Crippen molar-refractivity contribution in [3.63, 3.8) is 0 Å². The Labute approximate surface area is 159 Å². The molecule has 6 nitrogen and oxygen atoms in total. The predicted molar refractivity (Wildman–Crippen MR) is 105 cm³/mol. The molecule has 1 heterocycles. The van der Waals surface area contributed by atoms with Crippen molar-refractivity contribution in [2.75, 3.05) is 32.1 Å². The number of amides is 1. The van der Waals surface area contributed by atoms with Crippen LogP contribution in [0.1, 0.15) is 19.3 Å². The van der Waals surface area contributed by atoms with Crippen molar-refractivity contribution in [1.29, 1.82) is 0 Å². The molecule has 6 heteroatoms. The molecule has 2 N–H and O–H groups in total. The highest BCUT2D eigenvalue weighted by atomic mass is 16.6. The maximum absolute atomic E-state index is 12.0. The number of fused-ring (bicyclic) bond motifs is 1. The quantitative estimate of drug-likeness (QED) is 0.663. The van der Waals surface area contributed by atoms with Crippen LogP contribution in [0.3, 0.4) is 0 Å². The van der Waals surface area contributed by atoms with Gasteiger partial charge in [0.1, 0.15) is 18.5 Å². The van der Waals surface area contributed by atoms with E-state index in [1.165, 1.54) is 0 Å². The summed E-state index contributed by atoms with van der Waals surface area (Å²) in [6.45, 7) is 2.12. The number of hydrogen-bond donors (Lipinski definition) is 2. The fraction of sp³-hybridized carbons (Fsp3) is 0.381. The topological polar surface area (TPSA) is 68.8 Å². The van der Waals surface area contributed by atoms with Gasteiger partial charge in [0.05, 0.1) is 7.11 Å². The smallest absolute Gasteiger partial charge is 0.224 e. The van der Waals surface area contributed by atoms with Gasteiger partial charge in [-0.25, -0.2) is 0 Å². The summed E-state index contributed by atoms with van der Waals surface area (Å²) in [5.41, 5.74) is 0.786. The SMILES string of the molecule is COc1ccc(NC(=O)CCCCNC[C@H]2COc3ccccc3O2)cc1. The molecule has 27 heavy (non-hydrogen) atoms. The molecule has 1 aliphatic rings. The number of rotatable bonds is 9. The first-order chi connectivity index (χ1) is 13.2. The summed E-state index contributed by atoms with van der Waals surface area (Å²) in [4.78, 5) is 12.0. The van der Waals surface area contributed by atoms with Crippen molar-refractivity contribution in [2.45, 2.75) is 25.4 Å². The first-order valence-corrected chi connectivity index (χ1v) is 9.27. The van der Waals surface area contributed by atoms with Crippen LogP contribution >= 0.6 is 0 Å². The van der Waals surface area contributed by atoms with Gasteiger partial charge in [-0.15, -0.1) is 0 Å². The molecule has 0 spiro atoms. The Kier molecular flexibility index (Phi) is 6.93. The van der Waals surface area contributed by atoms with Crippen LogP contribution in [0.5, 0.6) is 17.2 Å². The van der Waals surface area contributed by atoms with Gasteiger partial charge in [0.2, 0.25) is 5.91 Å². The summed E-state index contributed by atoms with van der Waals surface area (Å²) in [5, 5.41) is 6.27. The number of ether oxygens (including phenoxy) is 3.